The predicted molar refractivity (Wildman–Crippen MR) is 90.1 cm³/mol. The zero-order valence-corrected chi connectivity index (χ0v) is 14.1. The van der Waals surface area contributed by atoms with Crippen LogP contribution in [-0.2, 0) is 6.54 Å². The Morgan fingerprint density at radius 1 is 1.15 bits per heavy atom. The van der Waals surface area contributed by atoms with Crippen LogP contribution in [0.4, 0.5) is 0 Å². The Morgan fingerprint density at radius 3 is 2.60 bits per heavy atom. The maximum atomic E-state index is 5.95. The highest BCUT2D eigenvalue weighted by molar-refractivity contribution is 14.1. The summed E-state index contributed by atoms with van der Waals surface area (Å²) in [6, 6.07) is 11.9. The molecule has 2 rings (SSSR count). The van der Waals surface area contributed by atoms with Crippen molar-refractivity contribution in [1.82, 2.24) is 10.3 Å². The molecule has 4 heteroatoms. The highest BCUT2D eigenvalue weighted by atomic mass is 127. The van der Waals surface area contributed by atoms with E-state index >= 15 is 0 Å². The van der Waals surface area contributed by atoms with E-state index in [-0.39, 0.29) is 5.54 Å². The molecule has 0 unspecified atom stereocenters. The van der Waals surface area contributed by atoms with Crippen LogP contribution in [0.15, 0.2) is 42.6 Å². The zero-order valence-electron chi connectivity index (χ0n) is 12.0. The second-order valence-electron chi connectivity index (χ2n) is 5.60. The van der Waals surface area contributed by atoms with Crippen LogP contribution < -0.4 is 10.1 Å². The summed E-state index contributed by atoms with van der Waals surface area (Å²) in [6.07, 6.45) is 1.76. The van der Waals surface area contributed by atoms with Gasteiger partial charge >= 0.3 is 0 Å². The molecule has 0 aliphatic heterocycles. The van der Waals surface area contributed by atoms with Crippen molar-refractivity contribution in [2.45, 2.75) is 32.9 Å². The number of halogens is 1. The third-order valence-electron chi connectivity index (χ3n) is 2.70. The number of hydrogen-bond donors (Lipinski definition) is 1. The summed E-state index contributed by atoms with van der Waals surface area (Å²) >= 11 is 2.26. The molecule has 0 fully saturated rings. The fraction of sp³-hybridized carbons (Fsp3) is 0.312. The maximum Gasteiger partial charge on any atom is 0.223 e. The molecule has 0 atom stereocenters. The van der Waals surface area contributed by atoms with E-state index < -0.39 is 0 Å². The molecule has 20 heavy (non-hydrogen) atoms. The van der Waals surface area contributed by atoms with Gasteiger partial charge in [-0.1, -0.05) is 18.2 Å². The van der Waals surface area contributed by atoms with Gasteiger partial charge in [0.25, 0.3) is 0 Å². The Bertz CT molecular complexity index is 579. The molecule has 0 saturated carbocycles. The van der Waals surface area contributed by atoms with Gasteiger partial charge in [0.05, 0.1) is 3.57 Å². The van der Waals surface area contributed by atoms with Gasteiger partial charge < -0.3 is 10.1 Å². The quantitative estimate of drug-likeness (QED) is 0.798. The van der Waals surface area contributed by atoms with Gasteiger partial charge in [0.15, 0.2) is 0 Å². The molecule has 0 saturated heterocycles. The minimum absolute atomic E-state index is 0.0638. The van der Waals surface area contributed by atoms with E-state index in [1.54, 1.807) is 6.20 Å². The topological polar surface area (TPSA) is 34.2 Å². The Kier molecular flexibility index (Phi) is 4.99. The first-order valence-corrected chi connectivity index (χ1v) is 7.65. The molecule has 106 valence electrons. The summed E-state index contributed by atoms with van der Waals surface area (Å²) in [5.74, 6) is 1.50. The number of benzene rings is 1. The van der Waals surface area contributed by atoms with Crippen molar-refractivity contribution in [1.29, 1.82) is 0 Å². The molecule has 0 aliphatic carbocycles. The van der Waals surface area contributed by atoms with E-state index in [4.69, 9.17) is 4.74 Å². The lowest BCUT2D eigenvalue weighted by Gasteiger charge is -2.21. The lowest BCUT2D eigenvalue weighted by molar-refractivity contribution is 0.408. The first kappa shape index (κ1) is 15.3. The van der Waals surface area contributed by atoms with Crippen LogP contribution >= 0.6 is 22.6 Å². The van der Waals surface area contributed by atoms with E-state index in [0.717, 1.165) is 21.4 Å². The monoisotopic (exact) mass is 382 g/mol. The summed E-state index contributed by atoms with van der Waals surface area (Å²) < 4.78 is 7.02. The number of hydrogen-bond acceptors (Lipinski definition) is 3. The Morgan fingerprint density at radius 2 is 1.90 bits per heavy atom. The van der Waals surface area contributed by atoms with Crippen molar-refractivity contribution in [3.63, 3.8) is 0 Å². The average Bonchev–Trinajstić information content (AvgIpc) is 2.39. The Hall–Kier alpha value is -1.14. The summed E-state index contributed by atoms with van der Waals surface area (Å²) in [5, 5.41) is 3.46. The molecule has 3 nitrogen and oxygen atoms in total. The van der Waals surface area contributed by atoms with Gasteiger partial charge in [-0.3, -0.25) is 0 Å². The summed E-state index contributed by atoms with van der Waals surface area (Å²) in [5.41, 5.74) is 1.12. The zero-order chi connectivity index (χ0) is 14.6. The van der Waals surface area contributed by atoms with Gasteiger partial charge in [-0.2, -0.15) is 0 Å². The smallest absolute Gasteiger partial charge is 0.223 e. The van der Waals surface area contributed by atoms with E-state index in [1.807, 2.05) is 36.4 Å². The van der Waals surface area contributed by atoms with Crippen molar-refractivity contribution in [2.75, 3.05) is 0 Å². The van der Waals surface area contributed by atoms with Crippen molar-refractivity contribution in [3.8, 4) is 11.6 Å². The van der Waals surface area contributed by atoms with Gasteiger partial charge in [0, 0.05) is 23.8 Å². The summed E-state index contributed by atoms with van der Waals surface area (Å²) in [4.78, 5) is 4.35. The number of rotatable bonds is 4. The first-order chi connectivity index (χ1) is 9.46. The molecule has 1 aromatic heterocycles. The fourth-order valence-electron chi connectivity index (χ4n) is 1.64. The molecule has 0 amide bonds. The fourth-order valence-corrected chi connectivity index (χ4v) is 2.14. The van der Waals surface area contributed by atoms with Crippen molar-refractivity contribution in [3.05, 3.63) is 51.7 Å². The standard InChI is InChI=1S/C16H19IN2O/c1-16(2,3)19-11-12-7-6-10-18-15(12)20-14-9-5-4-8-13(14)17/h4-10,19H,11H2,1-3H3. The van der Waals surface area contributed by atoms with Crippen molar-refractivity contribution in [2.24, 2.45) is 0 Å². The van der Waals surface area contributed by atoms with Crippen molar-refractivity contribution >= 4 is 22.6 Å². The Labute approximate surface area is 133 Å². The third kappa shape index (κ3) is 4.45. The van der Waals surface area contributed by atoms with Gasteiger partial charge in [-0.15, -0.1) is 0 Å². The highest BCUT2D eigenvalue weighted by Crippen LogP contribution is 2.27. The molecular weight excluding hydrogens is 363 g/mol. The van der Waals surface area contributed by atoms with Crippen LogP contribution in [0, 0.1) is 3.57 Å². The molecule has 2 aromatic rings. The second-order valence-corrected chi connectivity index (χ2v) is 6.77. The van der Waals surface area contributed by atoms with Gasteiger partial charge in [0.2, 0.25) is 5.88 Å². The molecule has 1 aromatic carbocycles. The van der Waals surface area contributed by atoms with E-state index in [0.29, 0.717) is 5.88 Å². The number of ether oxygens (including phenoxy) is 1. The number of aromatic nitrogens is 1. The molecule has 1 N–H and O–H groups in total. The van der Waals surface area contributed by atoms with Crippen LogP contribution in [0.5, 0.6) is 11.6 Å². The normalized spacial score (nSPS) is 11.4. The average molecular weight is 382 g/mol. The molecular formula is C16H19IN2O. The van der Waals surface area contributed by atoms with E-state index in [2.05, 4.69) is 53.7 Å². The first-order valence-electron chi connectivity index (χ1n) is 6.57. The molecule has 0 spiro atoms. The number of pyridine rings is 1. The minimum atomic E-state index is 0.0638. The second kappa shape index (κ2) is 6.54. The van der Waals surface area contributed by atoms with E-state index in [1.165, 1.54) is 0 Å². The number of nitrogens with zero attached hydrogens (tertiary/aromatic N) is 1. The van der Waals surface area contributed by atoms with Gasteiger partial charge in [-0.05, 0) is 61.6 Å². The highest BCUT2D eigenvalue weighted by Gasteiger charge is 2.12. The Balaban J connectivity index is 2.18. The largest absolute Gasteiger partial charge is 0.438 e. The lowest BCUT2D eigenvalue weighted by Crippen LogP contribution is -2.35. The van der Waals surface area contributed by atoms with E-state index in [9.17, 15) is 0 Å². The van der Waals surface area contributed by atoms with Crippen LogP contribution in [0.2, 0.25) is 0 Å². The molecule has 0 radical (unpaired) electrons. The van der Waals surface area contributed by atoms with Crippen LogP contribution in [0.1, 0.15) is 26.3 Å². The van der Waals surface area contributed by atoms with Crippen LogP contribution in [-0.4, -0.2) is 10.5 Å². The number of nitrogens with one attached hydrogen (secondary N) is 1. The lowest BCUT2D eigenvalue weighted by atomic mass is 10.1. The predicted octanol–water partition coefficient (Wildman–Crippen LogP) is 4.37. The summed E-state index contributed by atoms with van der Waals surface area (Å²) in [7, 11) is 0. The number of para-hydroxylation sites is 1. The van der Waals surface area contributed by atoms with Crippen LogP contribution in [0.3, 0.4) is 0 Å². The van der Waals surface area contributed by atoms with Crippen molar-refractivity contribution < 1.29 is 4.74 Å². The molecule has 1 heterocycles. The van der Waals surface area contributed by atoms with Gasteiger partial charge in [0.1, 0.15) is 5.75 Å². The minimum Gasteiger partial charge on any atom is -0.438 e. The third-order valence-corrected chi connectivity index (χ3v) is 3.59. The maximum absolute atomic E-state index is 5.95. The van der Waals surface area contributed by atoms with Gasteiger partial charge in [-0.25, -0.2) is 4.98 Å². The summed E-state index contributed by atoms with van der Waals surface area (Å²) in [6.45, 7) is 7.16. The SMILES string of the molecule is CC(C)(C)NCc1cccnc1Oc1ccccc1I. The van der Waals surface area contributed by atoms with Crippen LogP contribution in [0.25, 0.3) is 0 Å². The molecule has 0 aliphatic rings. The molecule has 0 bridgehead atoms.